The number of hydrogen-bond acceptors (Lipinski definition) is 4. The maximum Gasteiger partial charge on any atom is 0.218 e. The summed E-state index contributed by atoms with van der Waals surface area (Å²) in [7, 11) is -4.84. The molecular weight excluding hydrogens is 212 g/mol. The highest BCUT2D eigenvalue weighted by Crippen LogP contribution is 1.96. The van der Waals surface area contributed by atoms with E-state index in [4.69, 9.17) is 0 Å². The largest absolute Gasteiger partial charge is 0.218 e. The van der Waals surface area contributed by atoms with Gasteiger partial charge in [-0.05, 0) is 12.8 Å². The molecule has 4 nitrogen and oxygen atoms in total. The third kappa shape index (κ3) is 3.73. The summed E-state index contributed by atoms with van der Waals surface area (Å²) in [4.78, 5) is 0.00789. The van der Waals surface area contributed by atoms with E-state index in [-0.39, 0.29) is 22.6 Å². The van der Waals surface area contributed by atoms with Crippen LogP contribution < -0.4 is 0 Å². The quantitative estimate of drug-likeness (QED) is 0.644. The van der Waals surface area contributed by atoms with Gasteiger partial charge in [0.1, 0.15) is 0 Å². The summed E-state index contributed by atoms with van der Waals surface area (Å²) in [6.07, 6.45) is 1.12. The predicted octanol–water partition coefficient (Wildman–Crippen LogP) is 0.300. The molecule has 76 valence electrons. The van der Waals surface area contributed by atoms with Crippen LogP contribution in [-0.2, 0) is 20.6 Å². The van der Waals surface area contributed by atoms with Crippen LogP contribution in [0.5, 0.6) is 0 Å². The maximum atomic E-state index is 10.7. The normalized spacial score (nSPS) is 9.38. The van der Waals surface area contributed by atoms with E-state index in [1.54, 1.807) is 13.8 Å². The lowest BCUT2D eigenvalue weighted by Gasteiger charge is -1.97. The standard InChI is InChI=1S/C7H12O4S2/c1-3-5-7(13(10)11)6(4-2)12(8)9/h3-5H2,1-2H3. The van der Waals surface area contributed by atoms with E-state index in [2.05, 4.69) is 0 Å². The lowest BCUT2D eigenvalue weighted by molar-refractivity contribution is 0.624. The van der Waals surface area contributed by atoms with E-state index in [1.165, 1.54) is 0 Å². The van der Waals surface area contributed by atoms with Crippen LogP contribution in [0.2, 0.25) is 0 Å². The van der Waals surface area contributed by atoms with Crippen molar-refractivity contribution in [2.75, 3.05) is 0 Å². The second kappa shape index (κ2) is 5.93. The van der Waals surface area contributed by atoms with E-state index < -0.39 is 20.6 Å². The van der Waals surface area contributed by atoms with Gasteiger partial charge >= 0.3 is 0 Å². The van der Waals surface area contributed by atoms with Crippen molar-refractivity contribution in [3.05, 3.63) is 0 Å². The summed E-state index contributed by atoms with van der Waals surface area (Å²) in [5.41, 5.74) is 0. The second-order valence-corrected chi connectivity index (χ2v) is 4.34. The molecule has 0 bridgehead atoms. The third-order valence-corrected chi connectivity index (χ3v) is 3.43. The first-order valence-corrected chi connectivity index (χ1v) is 6.10. The summed E-state index contributed by atoms with van der Waals surface area (Å²) < 4.78 is 42.6. The van der Waals surface area contributed by atoms with Crippen LogP contribution in [-0.4, -0.2) is 26.6 Å². The Kier molecular flexibility index (Phi) is 5.65. The highest BCUT2D eigenvalue weighted by atomic mass is 32.2. The predicted molar refractivity (Wildman–Crippen MR) is 53.1 cm³/mol. The molecule has 0 aromatic heterocycles. The fourth-order valence-corrected chi connectivity index (χ4v) is 2.58. The van der Waals surface area contributed by atoms with Crippen LogP contribution >= 0.6 is 0 Å². The molecule has 0 fully saturated rings. The van der Waals surface area contributed by atoms with Gasteiger partial charge in [-0.15, -0.1) is 0 Å². The van der Waals surface area contributed by atoms with Gasteiger partial charge in [0.25, 0.3) is 0 Å². The molecule has 0 aromatic carbocycles. The molecule has 13 heavy (non-hydrogen) atoms. The fraction of sp³-hybridized carbons (Fsp3) is 0.714. The molecule has 0 unspecified atom stereocenters. The van der Waals surface area contributed by atoms with Gasteiger partial charge in [0.05, 0.1) is 9.73 Å². The zero-order valence-corrected chi connectivity index (χ0v) is 9.20. The molecule has 0 rings (SSSR count). The molecule has 0 radical (unpaired) electrons. The van der Waals surface area contributed by atoms with Gasteiger partial charge in [-0.2, -0.15) is 16.8 Å². The minimum absolute atomic E-state index is 0.00446. The molecule has 0 aliphatic rings. The van der Waals surface area contributed by atoms with Crippen molar-refractivity contribution in [3.63, 3.8) is 0 Å². The zero-order chi connectivity index (χ0) is 10.4. The van der Waals surface area contributed by atoms with E-state index in [1.807, 2.05) is 0 Å². The van der Waals surface area contributed by atoms with Gasteiger partial charge in [0, 0.05) is 0 Å². The summed E-state index contributed by atoms with van der Waals surface area (Å²) in [5, 5.41) is 0. The topological polar surface area (TPSA) is 68.3 Å². The van der Waals surface area contributed by atoms with Crippen molar-refractivity contribution in [3.8, 4) is 0 Å². The summed E-state index contributed by atoms with van der Waals surface area (Å²) >= 11 is 0. The van der Waals surface area contributed by atoms with E-state index >= 15 is 0 Å². The van der Waals surface area contributed by atoms with E-state index in [9.17, 15) is 16.8 Å². The van der Waals surface area contributed by atoms with Crippen LogP contribution in [0.1, 0.15) is 33.1 Å². The minimum Gasteiger partial charge on any atom is -0.184 e. The third-order valence-electron chi connectivity index (χ3n) is 1.51. The van der Waals surface area contributed by atoms with Crippen LogP contribution in [0.4, 0.5) is 0 Å². The van der Waals surface area contributed by atoms with Crippen LogP contribution in [0.25, 0.3) is 0 Å². The molecule has 0 heterocycles. The van der Waals surface area contributed by atoms with Crippen molar-refractivity contribution >= 4 is 30.3 Å². The summed E-state index contributed by atoms with van der Waals surface area (Å²) in [6.45, 7) is 3.42. The molecule has 0 N–H and O–H groups in total. The molecule has 0 aliphatic heterocycles. The van der Waals surface area contributed by atoms with E-state index in [0.717, 1.165) is 0 Å². The monoisotopic (exact) mass is 224 g/mol. The summed E-state index contributed by atoms with van der Waals surface area (Å²) in [6, 6.07) is 0. The smallest absolute Gasteiger partial charge is 0.184 e. The molecule has 0 aromatic rings. The molecule has 0 saturated carbocycles. The molecule has 0 atom stereocenters. The summed E-state index contributed by atoms with van der Waals surface area (Å²) in [5.74, 6) is 0. The lowest BCUT2D eigenvalue weighted by Crippen LogP contribution is -2.15. The minimum atomic E-state index is -2.42. The molecule has 0 saturated heterocycles. The van der Waals surface area contributed by atoms with Gasteiger partial charge < -0.3 is 0 Å². The van der Waals surface area contributed by atoms with E-state index in [0.29, 0.717) is 6.42 Å². The number of hydrogen-bond donors (Lipinski definition) is 0. The van der Waals surface area contributed by atoms with Crippen molar-refractivity contribution < 1.29 is 16.8 Å². The average Bonchev–Trinajstić information content (AvgIpc) is 2.03. The Morgan fingerprint density at radius 1 is 0.923 bits per heavy atom. The number of rotatable bonds is 4. The van der Waals surface area contributed by atoms with Crippen molar-refractivity contribution in [2.45, 2.75) is 33.1 Å². The molecule has 0 amide bonds. The van der Waals surface area contributed by atoms with Gasteiger partial charge in [-0.3, -0.25) is 0 Å². The Morgan fingerprint density at radius 2 is 1.38 bits per heavy atom. The zero-order valence-electron chi connectivity index (χ0n) is 7.57. The van der Waals surface area contributed by atoms with Crippen LogP contribution in [0, 0.1) is 0 Å². The highest BCUT2D eigenvalue weighted by Gasteiger charge is 2.09. The Bertz CT molecular complexity index is 409. The first-order chi connectivity index (χ1) is 6.04. The highest BCUT2D eigenvalue weighted by molar-refractivity contribution is 7.82. The van der Waals surface area contributed by atoms with Crippen LogP contribution in [0.15, 0.2) is 0 Å². The van der Waals surface area contributed by atoms with Gasteiger partial charge in [0.2, 0.25) is 20.6 Å². The van der Waals surface area contributed by atoms with Gasteiger partial charge in [-0.1, -0.05) is 20.3 Å². The molecule has 6 heteroatoms. The maximum absolute atomic E-state index is 10.7. The Hall–Kier alpha value is -0.620. The lowest BCUT2D eigenvalue weighted by atomic mass is 10.2. The molecule has 0 aliphatic carbocycles. The van der Waals surface area contributed by atoms with Gasteiger partial charge in [-0.25, -0.2) is 0 Å². The Morgan fingerprint density at radius 3 is 1.62 bits per heavy atom. The van der Waals surface area contributed by atoms with Crippen LogP contribution in [0.3, 0.4) is 0 Å². The first kappa shape index (κ1) is 12.4. The van der Waals surface area contributed by atoms with Crippen molar-refractivity contribution in [1.82, 2.24) is 0 Å². The first-order valence-electron chi connectivity index (χ1n) is 3.95. The van der Waals surface area contributed by atoms with Crippen molar-refractivity contribution in [1.29, 1.82) is 0 Å². The molecule has 0 spiro atoms. The Labute approximate surface area is 80.7 Å². The SMILES string of the molecule is CCCC(C(CC)=S(=O)=O)=S(=O)=O. The molecular formula is C7H12O4S2. The van der Waals surface area contributed by atoms with Crippen molar-refractivity contribution in [2.24, 2.45) is 0 Å². The second-order valence-electron chi connectivity index (χ2n) is 2.42. The average molecular weight is 224 g/mol. The van der Waals surface area contributed by atoms with Gasteiger partial charge in [0.15, 0.2) is 0 Å². The fourth-order valence-electron chi connectivity index (χ4n) is 0.951. The Balaban J connectivity index is 5.49.